The van der Waals surface area contributed by atoms with E-state index in [1.54, 1.807) is 0 Å². The molecule has 1 aromatic heterocycles. The molecule has 1 aromatic rings. The average molecular weight is 252 g/mol. The zero-order chi connectivity index (χ0) is 12.5. The average Bonchev–Trinajstić information content (AvgIpc) is 2.64. The van der Waals surface area contributed by atoms with E-state index in [0.29, 0.717) is 6.04 Å². The Bertz CT molecular complexity index is 370. The van der Waals surface area contributed by atoms with Gasteiger partial charge in [-0.3, -0.25) is 4.90 Å². The minimum Gasteiger partial charge on any atom is -0.309 e. The van der Waals surface area contributed by atoms with Crippen LogP contribution in [0.15, 0.2) is 11.4 Å². The number of thiophene rings is 1. The van der Waals surface area contributed by atoms with Crippen molar-refractivity contribution in [3.63, 3.8) is 0 Å². The van der Waals surface area contributed by atoms with E-state index >= 15 is 0 Å². The molecule has 1 fully saturated rings. The van der Waals surface area contributed by atoms with E-state index in [9.17, 15) is 0 Å². The SMILES string of the molecule is CCC1CNC(C)(C)CN1Cc1sccc1C. The summed E-state index contributed by atoms with van der Waals surface area (Å²) in [6, 6.07) is 2.92. The third-order valence-corrected chi connectivity index (χ3v) is 4.72. The summed E-state index contributed by atoms with van der Waals surface area (Å²) in [6.45, 7) is 12.5. The largest absolute Gasteiger partial charge is 0.309 e. The van der Waals surface area contributed by atoms with Crippen LogP contribution in [0, 0.1) is 6.92 Å². The molecule has 17 heavy (non-hydrogen) atoms. The maximum Gasteiger partial charge on any atom is 0.0334 e. The lowest BCUT2D eigenvalue weighted by molar-refractivity contribution is 0.0866. The molecular formula is C14H24N2S. The van der Waals surface area contributed by atoms with Crippen molar-refractivity contribution in [2.24, 2.45) is 0 Å². The molecule has 2 nitrogen and oxygen atoms in total. The van der Waals surface area contributed by atoms with E-state index in [1.807, 2.05) is 11.3 Å². The Hall–Kier alpha value is -0.380. The standard InChI is InChI=1S/C14H24N2S/c1-5-12-8-15-14(3,4)10-16(12)9-13-11(2)6-7-17-13/h6-7,12,15H,5,8-10H2,1-4H3. The first kappa shape index (κ1) is 13.1. The molecule has 0 amide bonds. The first-order valence-electron chi connectivity index (χ1n) is 6.54. The van der Waals surface area contributed by atoms with Crippen molar-refractivity contribution in [2.75, 3.05) is 13.1 Å². The highest BCUT2D eigenvalue weighted by atomic mass is 32.1. The Morgan fingerprint density at radius 3 is 2.88 bits per heavy atom. The monoisotopic (exact) mass is 252 g/mol. The summed E-state index contributed by atoms with van der Waals surface area (Å²) in [6.07, 6.45) is 1.23. The molecule has 1 atom stereocenters. The number of aryl methyl sites for hydroxylation is 1. The molecule has 0 aromatic carbocycles. The zero-order valence-electron chi connectivity index (χ0n) is 11.4. The highest BCUT2D eigenvalue weighted by Gasteiger charge is 2.31. The molecule has 0 aliphatic carbocycles. The first-order chi connectivity index (χ1) is 8.02. The summed E-state index contributed by atoms with van der Waals surface area (Å²) >= 11 is 1.89. The van der Waals surface area contributed by atoms with Crippen molar-refractivity contribution in [1.82, 2.24) is 10.2 Å². The van der Waals surface area contributed by atoms with Gasteiger partial charge in [0.05, 0.1) is 0 Å². The van der Waals surface area contributed by atoms with Gasteiger partial charge in [-0.1, -0.05) is 6.92 Å². The molecule has 3 heteroatoms. The van der Waals surface area contributed by atoms with Crippen molar-refractivity contribution in [3.05, 3.63) is 21.9 Å². The van der Waals surface area contributed by atoms with E-state index in [1.165, 1.54) is 16.9 Å². The van der Waals surface area contributed by atoms with Gasteiger partial charge in [-0.05, 0) is 44.2 Å². The normalized spacial score (nSPS) is 25.1. The molecular weight excluding hydrogens is 228 g/mol. The van der Waals surface area contributed by atoms with Gasteiger partial charge < -0.3 is 5.32 Å². The summed E-state index contributed by atoms with van der Waals surface area (Å²) in [5, 5.41) is 5.85. The van der Waals surface area contributed by atoms with Crippen molar-refractivity contribution in [3.8, 4) is 0 Å². The minimum absolute atomic E-state index is 0.247. The van der Waals surface area contributed by atoms with Gasteiger partial charge in [0.1, 0.15) is 0 Å². The van der Waals surface area contributed by atoms with Crippen LogP contribution < -0.4 is 5.32 Å². The van der Waals surface area contributed by atoms with Crippen LogP contribution in [0.3, 0.4) is 0 Å². The van der Waals surface area contributed by atoms with Crippen LogP contribution in [-0.2, 0) is 6.54 Å². The van der Waals surface area contributed by atoms with Gasteiger partial charge in [0.2, 0.25) is 0 Å². The second-order valence-corrected chi connectivity index (χ2v) is 6.76. The maximum atomic E-state index is 3.65. The van der Waals surface area contributed by atoms with Crippen molar-refractivity contribution in [1.29, 1.82) is 0 Å². The van der Waals surface area contributed by atoms with Crippen LogP contribution in [0.5, 0.6) is 0 Å². The lowest BCUT2D eigenvalue weighted by atomic mass is 9.97. The molecule has 1 unspecified atom stereocenters. The quantitative estimate of drug-likeness (QED) is 0.889. The van der Waals surface area contributed by atoms with Crippen LogP contribution in [0.1, 0.15) is 37.6 Å². The fourth-order valence-electron chi connectivity index (χ4n) is 2.55. The molecule has 96 valence electrons. The van der Waals surface area contributed by atoms with Crippen LogP contribution in [0.2, 0.25) is 0 Å². The predicted molar refractivity (Wildman–Crippen MR) is 75.6 cm³/mol. The molecule has 1 aliphatic heterocycles. The van der Waals surface area contributed by atoms with Gasteiger partial charge in [-0.25, -0.2) is 0 Å². The molecule has 0 spiro atoms. The molecule has 0 bridgehead atoms. The number of hydrogen-bond donors (Lipinski definition) is 1. The number of hydrogen-bond acceptors (Lipinski definition) is 3. The second kappa shape index (κ2) is 5.09. The van der Waals surface area contributed by atoms with E-state index in [0.717, 1.165) is 19.6 Å². The smallest absolute Gasteiger partial charge is 0.0334 e. The van der Waals surface area contributed by atoms with E-state index in [2.05, 4.69) is 49.4 Å². The lowest BCUT2D eigenvalue weighted by Crippen LogP contribution is -2.60. The van der Waals surface area contributed by atoms with Crippen LogP contribution in [0.25, 0.3) is 0 Å². The fourth-order valence-corrected chi connectivity index (χ4v) is 3.48. The topological polar surface area (TPSA) is 15.3 Å². The summed E-state index contributed by atoms with van der Waals surface area (Å²) in [7, 11) is 0. The highest BCUT2D eigenvalue weighted by Crippen LogP contribution is 2.23. The number of nitrogens with one attached hydrogen (secondary N) is 1. The third kappa shape index (κ3) is 3.09. The van der Waals surface area contributed by atoms with Gasteiger partial charge in [-0.15, -0.1) is 11.3 Å². The van der Waals surface area contributed by atoms with Gasteiger partial charge in [-0.2, -0.15) is 0 Å². The molecule has 0 saturated carbocycles. The van der Waals surface area contributed by atoms with E-state index in [-0.39, 0.29) is 5.54 Å². The van der Waals surface area contributed by atoms with Gasteiger partial charge in [0.15, 0.2) is 0 Å². The van der Waals surface area contributed by atoms with E-state index < -0.39 is 0 Å². The lowest BCUT2D eigenvalue weighted by Gasteiger charge is -2.44. The van der Waals surface area contributed by atoms with Crippen molar-refractivity contribution < 1.29 is 0 Å². The predicted octanol–water partition coefficient (Wildman–Crippen LogP) is 3.02. The molecule has 2 heterocycles. The van der Waals surface area contributed by atoms with Crippen LogP contribution in [-0.4, -0.2) is 29.6 Å². The van der Waals surface area contributed by atoms with Crippen LogP contribution >= 0.6 is 11.3 Å². The highest BCUT2D eigenvalue weighted by molar-refractivity contribution is 7.10. The zero-order valence-corrected chi connectivity index (χ0v) is 12.2. The molecule has 1 saturated heterocycles. The summed E-state index contributed by atoms with van der Waals surface area (Å²) < 4.78 is 0. The number of nitrogens with zero attached hydrogens (tertiary/aromatic N) is 1. The number of rotatable bonds is 3. The second-order valence-electron chi connectivity index (χ2n) is 5.76. The van der Waals surface area contributed by atoms with Crippen molar-refractivity contribution in [2.45, 2.75) is 52.2 Å². The van der Waals surface area contributed by atoms with Gasteiger partial charge >= 0.3 is 0 Å². The van der Waals surface area contributed by atoms with Crippen LogP contribution in [0.4, 0.5) is 0 Å². The fraction of sp³-hybridized carbons (Fsp3) is 0.714. The Morgan fingerprint density at radius 2 is 2.29 bits per heavy atom. The molecule has 1 aliphatic rings. The third-order valence-electron chi connectivity index (χ3n) is 3.72. The summed E-state index contributed by atoms with van der Waals surface area (Å²) in [5.74, 6) is 0. The molecule has 2 rings (SSSR count). The Morgan fingerprint density at radius 1 is 1.53 bits per heavy atom. The summed E-state index contributed by atoms with van der Waals surface area (Å²) in [4.78, 5) is 4.18. The number of piperazine rings is 1. The Labute approximate surface area is 109 Å². The summed E-state index contributed by atoms with van der Waals surface area (Å²) in [5.41, 5.74) is 1.69. The van der Waals surface area contributed by atoms with E-state index in [4.69, 9.17) is 0 Å². The van der Waals surface area contributed by atoms with Gasteiger partial charge in [0, 0.05) is 36.1 Å². The minimum atomic E-state index is 0.247. The Kier molecular flexibility index (Phi) is 3.91. The maximum absolute atomic E-state index is 3.65. The van der Waals surface area contributed by atoms with Gasteiger partial charge in [0.25, 0.3) is 0 Å². The Balaban J connectivity index is 2.08. The van der Waals surface area contributed by atoms with Crippen molar-refractivity contribution >= 4 is 11.3 Å². The first-order valence-corrected chi connectivity index (χ1v) is 7.42. The molecule has 0 radical (unpaired) electrons. The molecule has 1 N–H and O–H groups in total.